The molecule has 0 aliphatic carbocycles. The summed E-state index contributed by atoms with van der Waals surface area (Å²) in [5, 5.41) is 3.17. The van der Waals surface area contributed by atoms with E-state index in [1.54, 1.807) is 36.8 Å². The van der Waals surface area contributed by atoms with Crippen LogP contribution in [-0.2, 0) is 16.6 Å². The maximum atomic E-state index is 12.0. The number of nitrogens with one attached hydrogen (secondary N) is 2. The Bertz CT molecular complexity index is 707. The number of anilines is 1. The first kappa shape index (κ1) is 15.5. The SMILES string of the molecule is CNS(=O)(=O)c1ccccc1NCc1cncn1C(C)C. The molecular weight excluding hydrogens is 288 g/mol. The molecule has 0 spiro atoms. The second-order valence-corrected chi connectivity index (χ2v) is 6.80. The average Bonchev–Trinajstić information content (AvgIpc) is 2.94. The van der Waals surface area contributed by atoms with Gasteiger partial charge in [0, 0.05) is 12.2 Å². The summed E-state index contributed by atoms with van der Waals surface area (Å²) >= 11 is 0. The molecule has 0 bridgehead atoms. The first-order valence-electron chi connectivity index (χ1n) is 6.73. The van der Waals surface area contributed by atoms with E-state index in [1.165, 1.54) is 7.05 Å². The third-order valence-corrected chi connectivity index (χ3v) is 4.68. The Balaban J connectivity index is 2.23. The zero-order valence-corrected chi connectivity index (χ0v) is 13.2. The molecule has 114 valence electrons. The fourth-order valence-corrected chi connectivity index (χ4v) is 2.98. The van der Waals surface area contributed by atoms with Gasteiger partial charge in [-0.05, 0) is 33.0 Å². The van der Waals surface area contributed by atoms with Gasteiger partial charge in [-0.1, -0.05) is 12.1 Å². The molecule has 0 amide bonds. The van der Waals surface area contributed by atoms with Crippen molar-refractivity contribution in [3.05, 3.63) is 42.5 Å². The fourth-order valence-electron chi connectivity index (χ4n) is 2.08. The fraction of sp³-hybridized carbons (Fsp3) is 0.357. The number of hydrogen-bond donors (Lipinski definition) is 2. The molecule has 0 saturated heterocycles. The molecule has 2 aromatic rings. The molecular formula is C14H20N4O2S. The van der Waals surface area contributed by atoms with E-state index in [2.05, 4.69) is 28.9 Å². The molecule has 0 radical (unpaired) electrons. The van der Waals surface area contributed by atoms with Gasteiger partial charge in [-0.2, -0.15) is 0 Å². The average molecular weight is 308 g/mol. The molecule has 1 heterocycles. The Morgan fingerprint density at radius 3 is 2.67 bits per heavy atom. The second-order valence-electron chi connectivity index (χ2n) is 4.94. The lowest BCUT2D eigenvalue weighted by Crippen LogP contribution is -2.20. The first-order chi connectivity index (χ1) is 9.95. The van der Waals surface area contributed by atoms with E-state index in [4.69, 9.17) is 0 Å². The summed E-state index contributed by atoms with van der Waals surface area (Å²) in [7, 11) is -2.08. The van der Waals surface area contributed by atoms with Crippen LogP contribution in [-0.4, -0.2) is 25.0 Å². The lowest BCUT2D eigenvalue weighted by molar-refractivity contribution is 0.577. The molecule has 0 saturated carbocycles. The van der Waals surface area contributed by atoms with Gasteiger partial charge in [0.05, 0.1) is 24.3 Å². The van der Waals surface area contributed by atoms with Crippen LogP contribution in [0.1, 0.15) is 25.6 Å². The standard InChI is InChI=1S/C14H20N4O2S/c1-11(2)18-10-16-8-12(18)9-17-13-6-4-5-7-14(13)21(19,20)15-3/h4-8,10-11,15,17H,9H2,1-3H3. The monoisotopic (exact) mass is 308 g/mol. The van der Waals surface area contributed by atoms with Crippen molar-refractivity contribution in [1.29, 1.82) is 0 Å². The summed E-state index contributed by atoms with van der Waals surface area (Å²) in [5.74, 6) is 0. The highest BCUT2D eigenvalue weighted by molar-refractivity contribution is 7.89. The molecule has 2 N–H and O–H groups in total. The Hall–Kier alpha value is -1.86. The summed E-state index contributed by atoms with van der Waals surface area (Å²) in [6.45, 7) is 4.66. The van der Waals surface area contributed by atoms with Crippen LogP contribution >= 0.6 is 0 Å². The number of sulfonamides is 1. The molecule has 21 heavy (non-hydrogen) atoms. The quantitative estimate of drug-likeness (QED) is 0.855. The number of nitrogens with zero attached hydrogens (tertiary/aromatic N) is 2. The van der Waals surface area contributed by atoms with Crippen LogP contribution in [0.3, 0.4) is 0 Å². The van der Waals surface area contributed by atoms with Gasteiger partial charge in [-0.3, -0.25) is 0 Å². The van der Waals surface area contributed by atoms with Gasteiger partial charge in [-0.15, -0.1) is 0 Å². The van der Waals surface area contributed by atoms with E-state index in [9.17, 15) is 8.42 Å². The van der Waals surface area contributed by atoms with Gasteiger partial charge in [0.1, 0.15) is 4.90 Å². The van der Waals surface area contributed by atoms with Crippen molar-refractivity contribution in [3.63, 3.8) is 0 Å². The van der Waals surface area contributed by atoms with Crippen molar-refractivity contribution in [1.82, 2.24) is 14.3 Å². The Labute approximate surface area is 125 Å². The van der Waals surface area contributed by atoms with Crippen LogP contribution in [0.25, 0.3) is 0 Å². The zero-order chi connectivity index (χ0) is 15.5. The highest BCUT2D eigenvalue weighted by Gasteiger charge is 2.16. The third-order valence-electron chi connectivity index (χ3n) is 3.21. The Morgan fingerprint density at radius 2 is 2.00 bits per heavy atom. The number of para-hydroxylation sites is 1. The van der Waals surface area contributed by atoms with Crippen LogP contribution in [0, 0.1) is 0 Å². The van der Waals surface area contributed by atoms with Gasteiger partial charge in [0.2, 0.25) is 10.0 Å². The van der Waals surface area contributed by atoms with Gasteiger partial charge in [0.25, 0.3) is 0 Å². The number of imidazole rings is 1. The Kier molecular flexibility index (Phi) is 4.64. The van der Waals surface area contributed by atoms with Crippen LogP contribution in [0.4, 0.5) is 5.69 Å². The van der Waals surface area contributed by atoms with Crippen molar-refractivity contribution in [3.8, 4) is 0 Å². The van der Waals surface area contributed by atoms with Gasteiger partial charge < -0.3 is 9.88 Å². The summed E-state index contributed by atoms with van der Waals surface area (Å²) in [5.41, 5.74) is 1.57. The lowest BCUT2D eigenvalue weighted by Gasteiger charge is -2.15. The van der Waals surface area contributed by atoms with Crippen molar-refractivity contribution in [2.45, 2.75) is 31.3 Å². The highest BCUT2D eigenvalue weighted by Crippen LogP contribution is 2.21. The van der Waals surface area contributed by atoms with Crippen LogP contribution in [0.2, 0.25) is 0 Å². The van der Waals surface area contributed by atoms with E-state index >= 15 is 0 Å². The van der Waals surface area contributed by atoms with E-state index in [0.29, 0.717) is 18.3 Å². The maximum Gasteiger partial charge on any atom is 0.242 e. The minimum atomic E-state index is -3.48. The van der Waals surface area contributed by atoms with Crippen LogP contribution in [0.5, 0.6) is 0 Å². The van der Waals surface area contributed by atoms with Gasteiger partial charge >= 0.3 is 0 Å². The van der Waals surface area contributed by atoms with E-state index in [0.717, 1.165) is 5.69 Å². The van der Waals surface area contributed by atoms with Crippen molar-refractivity contribution >= 4 is 15.7 Å². The maximum absolute atomic E-state index is 12.0. The molecule has 1 aromatic carbocycles. The first-order valence-corrected chi connectivity index (χ1v) is 8.21. The Morgan fingerprint density at radius 1 is 1.29 bits per heavy atom. The third kappa shape index (κ3) is 3.43. The topological polar surface area (TPSA) is 76.0 Å². The summed E-state index contributed by atoms with van der Waals surface area (Å²) in [4.78, 5) is 4.37. The minimum Gasteiger partial charge on any atom is -0.378 e. The number of benzene rings is 1. The number of rotatable bonds is 6. The van der Waals surface area contributed by atoms with E-state index in [-0.39, 0.29) is 4.90 Å². The van der Waals surface area contributed by atoms with Gasteiger partial charge in [-0.25, -0.2) is 18.1 Å². The summed E-state index contributed by atoms with van der Waals surface area (Å²) in [6, 6.07) is 7.14. The predicted octanol–water partition coefficient (Wildman–Crippen LogP) is 1.98. The molecule has 7 heteroatoms. The molecule has 0 unspecified atom stereocenters. The summed E-state index contributed by atoms with van der Waals surface area (Å²) in [6.07, 6.45) is 3.56. The second kappa shape index (κ2) is 6.28. The van der Waals surface area contributed by atoms with Crippen molar-refractivity contribution in [2.75, 3.05) is 12.4 Å². The minimum absolute atomic E-state index is 0.239. The molecule has 2 rings (SSSR count). The van der Waals surface area contributed by atoms with E-state index in [1.807, 2.05) is 4.57 Å². The summed E-state index contributed by atoms with van der Waals surface area (Å²) < 4.78 is 28.4. The normalized spacial score (nSPS) is 11.8. The molecule has 0 atom stereocenters. The predicted molar refractivity (Wildman–Crippen MR) is 82.6 cm³/mol. The molecule has 1 aromatic heterocycles. The van der Waals surface area contributed by atoms with E-state index < -0.39 is 10.0 Å². The van der Waals surface area contributed by atoms with Crippen LogP contribution in [0.15, 0.2) is 41.7 Å². The van der Waals surface area contributed by atoms with Crippen LogP contribution < -0.4 is 10.0 Å². The molecule has 0 aliphatic rings. The lowest BCUT2D eigenvalue weighted by atomic mass is 10.3. The smallest absolute Gasteiger partial charge is 0.242 e. The molecule has 0 fully saturated rings. The largest absolute Gasteiger partial charge is 0.378 e. The molecule has 0 aliphatic heterocycles. The zero-order valence-electron chi connectivity index (χ0n) is 12.4. The molecule has 6 nitrogen and oxygen atoms in total. The van der Waals surface area contributed by atoms with Crippen molar-refractivity contribution < 1.29 is 8.42 Å². The van der Waals surface area contributed by atoms with Crippen molar-refractivity contribution in [2.24, 2.45) is 0 Å². The highest BCUT2D eigenvalue weighted by atomic mass is 32.2. The number of aromatic nitrogens is 2. The van der Waals surface area contributed by atoms with Gasteiger partial charge in [0.15, 0.2) is 0 Å². The number of hydrogen-bond acceptors (Lipinski definition) is 4.